The van der Waals surface area contributed by atoms with E-state index in [1.54, 1.807) is 12.3 Å². The van der Waals surface area contributed by atoms with Gasteiger partial charge in [-0.25, -0.2) is 27.8 Å². The maximum atomic E-state index is 13.7. The van der Waals surface area contributed by atoms with Crippen LogP contribution < -0.4 is 20.1 Å². The fourth-order valence-corrected chi connectivity index (χ4v) is 6.80. The predicted molar refractivity (Wildman–Crippen MR) is 144 cm³/mol. The number of sulfonamides is 1. The highest BCUT2D eigenvalue weighted by atomic mass is 35.5. The van der Waals surface area contributed by atoms with Crippen molar-refractivity contribution in [2.24, 2.45) is 5.92 Å². The van der Waals surface area contributed by atoms with Crippen LogP contribution in [0.5, 0.6) is 11.6 Å². The standard InChI is InChI=1S/C23H25Cl2FN6O3S2/c1-12-29-22(21(36-12)17-6-7-28-23(31-17)30-15-8-14(26)9-27-10-15)35-18-5-4-16(19(24)20(18)25)32-37(33,34)11-13-2-3-13/h4-7,13-15,27,32H,2-3,8-11H2,1H3,(H,28,30,31)/t14-,15-/m0/s1. The number of halogens is 3. The number of nitrogens with zero attached hydrogens (tertiary/aromatic N) is 3. The van der Waals surface area contributed by atoms with E-state index < -0.39 is 16.2 Å². The van der Waals surface area contributed by atoms with Crippen LogP contribution >= 0.6 is 34.5 Å². The average molecular weight is 588 g/mol. The molecule has 3 aromatic rings. The molecule has 2 atom stereocenters. The molecule has 3 N–H and O–H groups in total. The maximum Gasteiger partial charge on any atom is 0.240 e. The summed E-state index contributed by atoms with van der Waals surface area (Å²) in [6.07, 6.45) is 2.89. The summed E-state index contributed by atoms with van der Waals surface area (Å²) >= 11 is 14.2. The number of ether oxygens (including phenoxy) is 1. The van der Waals surface area contributed by atoms with Crippen molar-refractivity contribution in [2.45, 2.75) is 38.4 Å². The number of nitrogens with one attached hydrogen (secondary N) is 3. The van der Waals surface area contributed by atoms with E-state index in [1.807, 2.05) is 6.92 Å². The molecule has 1 saturated carbocycles. The van der Waals surface area contributed by atoms with Crippen molar-refractivity contribution >= 4 is 56.2 Å². The Balaban J connectivity index is 1.35. The smallest absolute Gasteiger partial charge is 0.240 e. The average Bonchev–Trinajstić information content (AvgIpc) is 3.57. The Morgan fingerprint density at radius 3 is 2.76 bits per heavy atom. The summed E-state index contributed by atoms with van der Waals surface area (Å²) in [5.41, 5.74) is 0.763. The van der Waals surface area contributed by atoms with Gasteiger partial charge in [-0.1, -0.05) is 23.2 Å². The zero-order valence-electron chi connectivity index (χ0n) is 19.8. The molecule has 1 saturated heterocycles. The molecule has 2 aromatic heterocycles. The second kappa shape index (κ2) is 10.9. The molecule has 0 bridgehead atoms. The molecule has 198 valence electrons. The molecule has 0 unspecified atom stereocenters. The minimum atomic E-state index is -3.53. The first-order chi connectivity index (χ1) is 17.7. The van der Waals surface area contributed by atoms with Gasteiger partial charge in [-0.15, -0.1) is 11.3 Å². The van der Waals surface area contributed by atoms with Crippen molar-refractivity contribution in [3.8, 4) is 22.2 Å². The SMILES string of the molecule is Cc1nc(Oc2ccc(NS(=O)(=O)CC3CC3)c(Cl)c2Cl)c(-c2ccnc(N[C@@H]3CNC[C@@H](F)C3)n2)s1. The number of thiazole rings is 1. The third-order valence-corrected chi connectivity index (χ3v) is 9.17. The Kier molecular flexibility index (Phi) is 7.73. The second-order valence-electron chi connectivity index (χ2n) is 9.13. The van der Waals surface area contributed by atoms with Gasteiger partial charge < -0.3 is 15.4 Å². The monoisotopic (exact) mass is 586 g/mol. The minimum absolute atomic E-state index is 0.0350. The van der Waals surface area contributed by atoms with E-state index in [0.717, 1.165) is 17.8 Å². The Labute approximate surface area is 228 Å². The van der Waals surface area contributed by atoms with Crippen LogP contribution in [0.4, 0.5) is 16.0 Å². The molecule has 1 aliphatic carbocycles. The largest absolute Gasteiger partial charge is 0.436 e. The van der Waals surface area contributed by atoms with E-state index in [9.17, 15) is 12.8 Å². The van der Waals surface area contributed by atoms with Gasteiger partial charge in [-0.05, 0) is 43.9 Å². The topological polar surface area (TPSA) is 118 Å². The van der Waals surface area contributed by atoms with Crippen molar-refractivity contribution in [3.63, 3.8) is 0 Å². The van der Waals surface area contributed by atoms with Gasteiger partial charge in [0.25, 0.3) is 0 Å². The second-order valence-corrected chi connectivity index (χ2v) is 12.9. The van der Waals surface area contributed by atoms with Crippen LogP contribution in [0.25, 0.3) is 10.6 Å². The number of rotatable bonds is 9. The molecule has 0 spiro atoms. The lowest BCUT2D eigenvalue weighted by atomic mass is 10.1. The highest BCUT2D eigenvalue weighted by Gasteiger charge is 2.29. The summed E-state index contributed by atoms with van der Waals surface area (Å²) in [7, 11) is -3.53. The molecule has 2 fully saturated rings. The molecule has 0 radical (unpaired) electrons. The minimum Gasteiger partial charge on any atom is -0.436 e. The Morgan fingerprint density at radius 1 is 1.19 bits per heavy atom. The molecule has 5 rings (SSSR count). The summed E-state index contributed by atoms with van der Waals surface area (Å²) in [5, 5.41) is 7.05. The van der Waals surface area contributed by atoms with Crippen LogP contribution in [0.3, 0.4) is 0 Å². The van der Waals surface area contributed by atoms with E-state index in [2.05, 4.69) is 30.3 Å². The van der Waals surface area contributed by atoms with Gasteiger partial charge in [0.2, 0.25) is 21.9 Å². The van der Waals surface area contributed by atoms with Crippen LogP contribution in [-0.2, 0) is 10.0 Å². The van der Waals surface area contributed by atoms with E-state index in [0.29, 0.717) is 36.0 Å². The van der Waals surface area contributed by atoms with E-state index >= 15 is 0 Å². The van der Waals surface area contributed by atoms with Crippen LogP contribution in [0.15, 0.2) is 24.4 Å². The zero-order valence-corrected chi connectivity index (χ0v) is 22.9. The molecule has 2 aliphatic rings. The lowest BCUT2D eigenvalue weighted by molar-refractivity contribution is 0.254. The van der Waals surface area contributed by atoms with Gasteiger partial charge in [0, 0.05) is 31.7 Å². The van der Waals surface area contributed by atoms with Crippen molar-refractivity contribution in [1.82, 2.24) is 20.3 Å². The quantitative estimate of drug-likeness (QED) is 0.310. The number of hydrogen-bond donors (Lipinski definition) is 3. The summed E-state index contributed by atoms with van der Waals surface area (Å²) in [6, 6.07) is 4.65. The Bertz CT molecular complexity index is 1400. The first kappa shape index (κ1) is 26.4. The first-order valence-corrected chi connectivity index (χ1v) is 15.0. The van der Waals surface area contributed by atoms with Crippen LogP contribution in [-0.4, -0.2) is 54.4 Å². The predicted octanol–water partition coefficient (Wildman–Crippen LogP) is 5.27. The van der Waals surface area contributed by atoms with E-state index in [1.165, 1.54) is 23.5 Å². The number of benzene rings is 1. The Hall–Kier alpha value is -2.25. The molecule has 1 aliphatic heterocycles. The highest BCUT2D eigenvalue weighted by molar-refractivity contribution is 7.92. The van der Waals surface area contributed by atoms with Crippen molar-refractivity contribution < 1.29 is 17.5 Å². The Morgan fingerprint density at radius 2 is 2.00 bits per heavy atom. The molecular weight excluding hydrogens is 562 g/mol. The third kappa shape index (κ3) is 6.61. The summed E-state index contributed by atoms with van der Waals surface area (Å²) in [4.78, 5) is 14.0. The molecule has 37 heavy (non-hydrogen) atoms. The van der Waals surface area contributed by atoms with Gasteiger partial charge in [0.15, 0.2) is 0 Å². The van der Waals surface area contributed by atoms with Crippen LogP contribution in [0, 0.1) is 12.8 Å². The van der Waals surface area contributed by atoms with Crippen LogP contribution in [0.2, 0.25) is 10.0 Å². The number of hydrogen-bond acceptors (Lipinski definition) is 9. The van der Waals surface area contributed by atoms with Crippen molar-refractivity contribution in [1.29, 1.82) is 0 Å². The zero-order chi connectivity index (χ0) is 26.2. The molecule has 14 heteroatoms. The highest BCUT2D eigenvalue weighted by Crippen LogP contribution is 2.43. The number of anilines is 2. The third-order valence-electron chi connectivity index (χ3n) is 5.89. The van der Waals surface area contributed by atoms with Gasteiger partial charge in [-0.2, -0.15) is 0 Å². The van der Waals surface area contributed by atoms with E-state index in [-0.39, 0.29) is 45.1 Å². The van der Waals surface area contributed by atoms with Gasteiger partial charge >= 0.3 is 0 Å². The molecule has 0 amide bonds. The van der Waals surface area contributed by atoms with E-state index in [4.69, 9.17) is 27.9 Å². The lowest BCUT2D eigenvalue weighted by Crippen LogP contribution is -2.44. The van der Waals surface area contributed by atoms with Crippen molar-refractivity contribution in [2.75, 3.05) is 28.9 Å². The molecule has 3 heterocycles. The molecule has 1 aromatic carbocycles. The summed E-state index contributed by atoms with van der Waals surface area (Å²) in [6.45, 7) is 2.80. The maximum absolute atomic E-state index is 13.7. The van der Waals surface area contributed by atoms with Gasteiger partial charge in [-0.3, -0.25) is 4.72 Å². The summed E-state index contributed by atoms with van der Waals surface area (Å²) in [5.74, 6) is 1.12. The van der Waals surface area contributed by atoms with Gasteiger partial charge in [0.05, 0.1) is 27.2 Å². The molecular formula is C23H25Cl2FN6O3S2. The molecule has 9 nitrogen and oxygen atoms in total. The number of aryl methyl sites for hydroxylation is 1. The number of aromatic nitrogens is 3. The van der Waals surface area contributed by atoms with Gasteiger partial charge in [0.1, 0.15) is 21.8 Å². The number of piperidine rings is 1. The first-order valence-electron chi connectivity index (χ1n) is 11.8. The fraction of sp³-hybridized carbons (Fsp3) is 0.435. The summed E-state index contributed by atoms with van der Waals surface area (Å²) < 4.78 is 47.0. The lowest BCUT2D eigenvalue weighted by Gasteiger charge is -2.26. The normalized spacial score (nSPS) is 20.0. The number of alkyl halides is 1. The fourth-order valence-electron chi connectivity index (χ4n) is 3.97. The van der Waals surface area contributed by atoms with Crippen molar-refractivity contribution in [3.05, 3.63) is 39.4 Å². The van der Waals surface area contributed by atoms with Crippen LogP contribution in [0.1, 0.15) is 24.3 Å².